The van der Waals surface area contributed by atoms with Crippen molar-refractivity contribution in [2.45, 2.75) is 19.9 Å². The van der Waals surface area contributed by atoms with Gasteiger partial charge >= 0.3 is 0 Å². The predicted octanol–water partition coefficient (Wildman–Crippen LogP) is 1.55. The molecule has 0 radical (unpaired) electrons. The summed E-state index contributed by atoms with van der Waals surface area (Å²) in [5.74, 6) is 0.351. The molecule has 0 aromatic carbocycles. The Labute approximate surface area is 78.0 Å². The minimum absolute atomic E-state index is 0.0487. The van der Waals surface area contributed by atoms with Crippen LogP contribution in [0.5, 0.6) is 0 Å². The third-order valence-electron chi connectivity index (χ3n) is 2.02. The topological polar surface area (TPSA) is 56.0 Å². The van der Waals surface area contributed by atoms with E-state index < -0.39 is 0 Å². The molecule has 3 heteroatoms. The van der Waals surface area contributed by atoms with Crippen molar-refractivity contribution in [2.75, 3.05) is 0 Å². The highest BCUT2D eigenvalue weighted by molar-refractivity contribution is 5.74. The largest absolute Gasteiger partial charge is 0.324 e. The van der Waals surface area contributed by atoms with Crippen LogP contribution in [-0.4, -0.2) is 11.3 Å². The number of aromatic nitrogens is 1. The summed E-state index contributed by atoms with van der Waals surface area (Å²) in [6, 6.07) is 1.73. The molecule has 2 N–H and O–H groups in total. The molecule has 3 nitrogen and oxygen atoms in total. The van der Waals surface area contributed by atoms with Crippen molar-refractivity contribution in [3.05, 3.63) is 29.6 Å². The predicted molar refractivity (Wildman–Crippen MR) is 51.4 cm³/mol. The Kier molecular flexibility index (Phi) is 3.14. The van der Waals surface area contributed by atoms with Gasteiger partial charge in [0.15, 0.2) is 6.29 Å². The van der Waals surface area contributed by atoms with Crippen molar-refractivity contribution in [1.29, 1.82) is 0 Å². The highest BCUT2D eigenvalue weighted by Gasteiger charge is 2.10. The van der Waals surface area contributed by atoms with Gasteiger partial charge in [-0.05, 0) is 17.5 Å². The summed E-state index contributed by atoms with van der Waals surface area (Å²) in [6.07, 6.45) is 4.02. The van der Waals surface area contributed by atoms with Crippen LogP contribution in [0.4, 0.5) is 0 Å². The van der Waals surface area contributed by atoms with E-state index >= 15 is 0 Å². The van der Waals surface area contributed by atoms with Crippen molar-refractivity contribution in [2.24, 2.45) is 11.7 Å². The number of hydrogen-bond acceptors (Lipinski definition) is 3. The van der Waals surface area contributed by atoms with Gasteiger partial charge in [-0.3, -0.25) is 9.78 Å². The first-order chi connectivity index (χ1) is 6.15. The summed E-state index contributed by atoms with van der Waals surface area (Å²) in [4.78, 5) is 14.4. The van der Waals surface area contributed by atoms with Crippen molar-refractivity contribution < 1.29 is 4.79 Å². The Morgan fingerprint density at radius 3 is 2.69 bits per heavy atom. The van der Waals surface area contributed by atoms with E-state index in [0.29, 0.717) is 11.5 Å². The molecule has 0 bridgehead atoms. The number of aldehydes is 1. The van der Waals surface area contributed by atoms with E-state index in [2.05, 4.69) is 4.98 Å². The Bertz CT molecular complexity index is 297. The fourth-order valence-corrected chi connectivity index (χ4v) is 1.11. The second-order valence-electron chi connectivity index (χ2n) is 3.44. The second kappa shape index (κ2) is 4.14. The van der Waals surface area contributed by atoms with Crippen molar-refractivity contribution in [1.82, 2.24) is 4.98 Å². The van der Waals surface area contributed by atoms with Crippen molar-refractivity contribution >= 4 is 6.29 Å². The number of rotatable bonds is 3. The van der Waals surface area contributed by atoms with Gasteiger partial charge in [-0.1, -0.05) is 13.8 Å². The molecule has 1 aromatic heterocycles. The fraction of sp³-hybridized carbons (Fsp3) is 0.400. The normalized spacial score (nSPS) is 12.9. The Morgan fingerprint density at radius 2 is 2.15 bits per heavy atom. The fourth-order valence-electron chi connectivity index (χ4n) is 1.11. The number of nitrogens with zero attached hydrogens (tertiary/aromatic N) is 1. The molecular formula is C10H14N2O. The third kappa shape index (κ3) is 2.36. The molecule has 0 aliphatic rings. The molecule has 70 valence electrons. The molecule has 1 aromatic rings. The van der Waals surface area contributed by atoms with Crippen LogP contribution in [0.15, 0.2) is 18.5 Å². The minimum atomic E-state index is -0.0487. The molecule has 0 saturated carbocycles. The molecule has 0 saturated heterocycles. The number of carbonyl (C=O) groups is 1. The maximum absolute atomic E-state index is 10.5. The lowest BCUT2D eigenvalue weighted by atomic mass is 9.98. The van der Waals surface area contributed by atoms with Crippen LogP contribution >= 0.6 is 0 Å². The highest BCUT2D eigenvalue weighted by atomic mass is 16.1. The number of pyridine rings is 1. The minimum Gasteiger partial charge on any atom is -0.324 e. The first-order valence-electron chi connectivity index (χ1n) is 4.31. The zero-order chi connectivity index (χ0) is 9.84. The van der Waals surface area contributed by atoms with Crippen LogP contribution in [0.1, 0.15) is 35.8 Å². The standard InChI is InChI=1S/C10H14N2O/c1-7(2)10(11)9-3-8(6-13)4-12-5-9/h3-7,10H,11H2,1-2H3/t10-/m1/s1. The number of hydrogen-bond donors (Lipinski definition) is 1. The van der Waals surface area contributed by atoms with E-state index in [9.17, 15) is 4.79 Å². The third-order valence-corrected chi connectivity index (χ3v) is 2.02. The summed E-state index contributed by atoms with van der Waals surface area (Å²) in [7, 11) is 0. The maximum Gasteiger partial charge on any atom is 0.151 e. The van der Waals surface area contributed by atoms with Crippen LogP contribution in [0, 0.1) is 5.92 Å². The van der Waals surface area contributed by atoms with Crippen LogP contribution < -0.4 is 5.73 Å². The molecule has 1 rings (SSSR count). The average Bonchev–Trinajstić information content (AvgIpc) is 2.16. The lowest BCUT2D eigenvalue weighted by molar-refractivity contribution is 0.112. The average molecular weight is 178 g/mol. The second-order valence-corrected chi connectivity index (χ2v) is 3.44. The van der Waals surface area contributed by atoms with E-state index in [1.165, 1.54) is 6.20 Å². The van der Waals surface area contributed by atoms with Crippen molar-refractivity contribution in [3.63, 3.8) is 0 Å². The van der Waals surface area contributed by atoms with E-state index in [-0.39, 0.29) is 6.04 Å². The monoisotopic (exact) mass is 178 g/mol. The molecule has 0 amide bonds. The number of nitrogens with two attached hydrogens (primary N) is 1. The summed E-state index contributed by atoms with van der Waals surface area (Å²) >= 11 is 0. The highest BCUT2D eigenvalue weighted by Crippen LogP contribution is 2.17. The van der Waals surface area contributed by atoms with Crippen LogP contribution in [0.3, 0.4) is 0 Å². The van der Waals surface area contributed by atoms with E-state index in [1.807, 2.05) is 13.8 Å². The van der Waals surface area contributed by atoms with E-state index in [4.69, 9.17) is 5.73 Å². The van der Waals surface area contributed by atoms with Gasteiger partial charge in [-0.25, -0.2) is 0 Å². The van der Waals surface area contributed by atoms with E-state index in [0.717, 1.165) is 11.8 Å². The molecule has 0 aliphatic carbocycles. The van der Waals surface area contributed by atoms with Gasteiger partial charge in [0.1, 0.15) is 0 Å². The lowest BCUT2D eigenvalue weighted by Crippen LogP contribution is -2.17. The van der Waals surface area contributed by atoms with Crippen LogP contribution in [0.2, 0.25) is 0 Å². The summed E-state index contributed by atoms with van der Waals surface area (Å²) < 4.78 is 0. The van der Waals surface area contributed by atoms with Gasteiger partial charge in [-0.15, -0.1) is 0 Å². The van der Waals surface area contributed by atoms with Gasteiger partial charge in [0, 0.05) is 24.0 Å². The number of carbonyl (C=O) groups excluding carboxylic acids is 1. The molecular weight excluding hydrogens is 164 g/mol. The summed E-state index contributed by atoms with van der Waals surface area (Å²) in [5.41, 5.74) is 7.40. The van der Waals surface area contributed by atoms with Gasteiger partial charge < -0.3 is 5.73 Å². The SMILES string of the molecule is CC(C)[C@@H](N)c1cncc(C=O)c1. The quantitative estimate of drug-likeness (QED) is 0.714. The zero-order valence-electron chi connectivity index (χ0n) is 7.90. The Balaban J connectivity index is 2.94. The Morgan fingerprint density at radius 1 is 1.46 bits per heavy atom. The molecule has 0 spiro atoms. The van der Waals surface area contributed by atoms with Gasteiger partial charge in [-0.2, -0.15) is 0 Å². The molecule has 0 unspecified atom stereocenters. The zero-order valence-corrected chi connectivity index (χ0v) is 7.90. The first-order valence-corrected chi connectivity index (χ1v) is 4.31. The molecule has 0 aliphatic heterocycles. The maximum atomic E-state index is 10.5. The van der Waals surface area contributed by atoms with Crippen LogP contribution in [-0.2, 0) is 0 Å². The smallest absolute Gasteiger partial charge is 0.151 e. The van der Waals surface area contributed by atoms with Crippen LogP contribution in [0.25, 0.3) is 0 Å². The first kappa shape index (κ1) is 9.86. The lowest BCUT2D eigenvalue weighted by Gasteiger charge is -2.15. The van der Waals surface area contributed by atoms with Gasteiger partial charge in [0.25, 0.3) is 0 Å². The molecule has 0 fully saturated rings. The van der Waals surface area contributed by atoms with Gasteiger partial charge in [0.2, 0.25) is 0 Å². The summed E-state index contributed by atoms with van der Waals surface area (Å²) in [5, 5.41) is 0. The molecule has 1 heterocycles. The van der Waals surface area contributed by atoms with Gasteiger partial charge in [0.05, 0.1) is 0 Å². The Hall–Kier alpha value is -1.22. The molecule has 1 atom stereocenters. The summed E-state index contributed by atoms with van der Waals surface area (Å²) in [6.45, 7) is 4.08. The van der Waals surface area contributed by atoms with Crippen molar-refractivity contribution in [3.8, 4) is 0 Å². The van der Waals surface area contributed by atoms with E-state index in [1.54, 1.807) is 12.3 Å². The molecule has 13 heavy (non-hydrogen) atoms.